The van der Waals surface area contributed by atoms with Gasteiger partial charge in [0, 0.05) is 11.1 Å². The number of carbonyl (C=O) groups is 1. The molecule has 3 rings (SSSR count). The highest BCUT2D eigenvalue weighted by molar-refractivity contribution is 6.03. The van der Waals surface area contributed by atoms with Crippen LogP contribution in [0.5, 0.6) is 5.75 Å². The summed E-state index contributed by atoms with van der Waals surface area (Å²) in [6.45, 7) is 5.79. The lowest BCUT2D eigenvalue weighted by Crippen LogP contribution is -2.20. The molecule has 0 aromatic heterocycles. The van der Waals surface area contributed by atoms with Crippen LogP contribution in [0.3, 0.4) is 0 Å². The first-order valence-corrected chi connectivity index (χ1v) is 6.24. The van der Waals surface area contributed by atoms with E-state index in [9.17, 15) is 9.90 Å². The van der Waals surface area contributed by atoms with Gasteiger partial charge in [-0.3, -0.25) is 0 Å². The number of ether oxygens (including phenoxy) is 1. The quantitative estimate of drug-likeness (QED) is 0.714. The molecule has 1 heterocycles. The van der Waals surface area contributed by atoms with Crippen LogP contribution in [0.25, 0.3) is 5.57 Å². The van der Waals surface area contributed by atoms with Crippen LogP contribution < -0.4 is 0 Å². The molecular formula is C15H16O3. The number of hydrogen-bond acceptors (Lipinski definition) is 3. The standard InChI is InChI=1S/C15H16O3/c1-7-5-13-14(9(3)15(17)18-13)11-4-8(2)12(16)6-10(7)11/h4,6-7,13,16H,5H2,1-3H3/t7-,13-/m1/s1. The van der Waals surface area contributed by atoms with E-state index >= 15 is 0 Å². The Hall–Kier alpha value is -1.77. The molecule has 1 aliphatic heterocycles. The third-order valence-electron chi connectivity index (χ3n) is 4.04. The fourth-order valence-electron chi connectivity index (χ4n) is 2.97. The molecule has 3 nitrogen and oxygen atoms in total. The van der Waals surface area contributed by atoms with Gasteiger partial charge in [0.05, 0.1) is 0 Å². The Morgan fingerprint density at radius 1 is 1.33 bits per heavy atom. The fourth-order valence-corrected chi connectivity index (χ4v) is 2.97. The number of benzene rings is 1. The lowest BCUT2D eigenvalue weighted by Gasteiger charge is -2.29. The second kappa shape index (κ2) is 3.61. The van der Waals surface area contributed by atoms with Gasteiger partial charge in [0.1, 0.15) is 11.9 Å². The Morgan fingerprint density at radius 3 is 2.78 bits per heavy atom. The minimum Gasteiger partial charge on any atom is -0.508 e. The average molecular weight is 244 g/mol. The lowest BCUT2D eigenvalue weighted by atomic mass is 9.77. The predicted octanol–water partition coefficient (Wildman–Crippen LogP) is 2.91. The van der Waals surface area contributed by atoms with Gasteiger partial charge in [-0.1, -0.05) is 6.92 Å². The van der Waals surface area contributed by atoms with Crippen molar-refractivity contribution in [2.45, 2.75) is 39.2 Å². The molecule has 0 saturated heterocycles. The molecule has 0 bridgehead atoms. The van der Waals surface area contributed by atoms with Gasteiger partial charge in [-0.05, 0) is 55.0 Å². The fraction of sp³-hybridized carbons (Fsp3) is 0.400. The first kappa shape index (κ1) is 11.3. The molecule has 0 unspecified atom stereocenters. The third kappa shape index (κ3) is 1.40. The predicted molar refractivity (Wildman–Crippen MR) is 68.3 cm³/mol. The molecule has 0 radical (unpaired) electrons. The first-order valence-electron chi connectivity index (χ1n) is 6.24. The topological polar surface area (TPSA) is 46.5 Å². The van der Waals surface area contributed by atoms with Gasteiger partial charge in [-0.25, -0.2) is 4.79 Å². The van der Waals surface area contributed by atoms with Crippen LogP contribution in [-0.4, -0.2) is 17.2 Å². The van der Waals surface area contributed by atoms with E-state index < -0.39 is 0 Å². The van der Waals surface area contributed by atoms with E-state index in [1.165, 1.54) is 0 Å². The third-order valence-corrected chi connectivity index (χ3v) is 4.04. The van der Waals surface area contributed by atoms with Gasteiger partial charge in [0.15, 0.2) is 0 Å². The molecule has 0 spiro atoms. The average Bonchev–Trinajstić information content (AvgIpc) is 2.58. The molecular weight excluding hydrogens is 228 g/mol. The minimum absolute atomic E-state index is 0.107. The maximum absolute atomic E-state index is 11.7. The van der Waals surface area contributed by atoms with Crippen molar-refractivity contribution >= 4 is 11.5 Å². The number of phenols is 1. The lowest BCUT2D eigenvalue weighted by molar-refractivity contribution is -0.139. The SMILES string of the molecule is CC1=C2c3cc(C)c(O)cc3[C@H](C)C[C@H]2OC1=O. The normalized spacial score (nSPS) is 25.8. The van der Waals surface area contributed by atoms with Crippen molar-refractivity contribution in [2.24, 2.45) is 0 Å². The highest BCUT2D eigenvalue weighted by Crippen LogP contribution is 2.46. The van der Waals surface area contributed by atoms with Crippen molar-refractivity contribution < 1.29 is 14.6 Å². The number of aromatic hydroxyl groups is 1. The highest BCUT2D eigenvalue weighted by atomic mass is 16.5. The maximum Gasteiger partial charge on any atom is 0.334 e. The summed E-state index contributed by atoms with van der Waals surface area (Å²) in [6, 6.07) is 3.79. The largest absolute Gasteiger partial charge is 0.508 e. The molecule has 1 N–H and O–H groups in total. The van der Waals surface area contributed by atoms with Crippen molar-refractivity contribution in [3.05, 3.63) is 34.4 Å². The van der Waals surface area contributed by atoms with E-state index in [2.05, 4.69) is 6.92 Å². The van der Waals surface area contributed by atoms with Crippen LogP contribution in [0.1, 0.15) is 42.9 Å². The van der Waals surface area contributed by atoms with Crippen molar-refractivity contribution in [2.75, 3.05) is 0 Å². The van der Waals surface area contributed by atoms with Crippen molar-refractivity contribution in [3.8, 4) is 5.75 Å². The Bertz CT molecular complexity index is 584. The Labute approximate surface area is 106 Å². The number of fused-ring (bicyclic) bond motifs is 3. The van der Waals surface area contributed by atoms with Gasteiger partial charge in [0.2, 0.25) is 0 Å². The smallest absolute Gasteiger partial charge is 0.334 e. The molecule has 0 fully saturated rings. The molecule has 2 atom stereocenters. The van der Waals surface area contributed by atoms with Crippen molar-refractivity contribution in [3.63, 3.8) is 0 Å². The summed E-state index contributed by atoms with van der Waals surface area (Å²) < 4.78 is 5.40. The number of esters is 1. The van der Waals surface area contributed by atoms with Crippen LogP contribution in [0, 0.1) is 6.92 Å². The Kier molecular flexibility index (Phi) is 2.27. The van der Waals surface area contributed by atoms with Crippen molar-refractivity contribution in [1.82, 2.24) is 0 Å². The van der Waals surface area contributed by atoms with Crippen LogP contribution >= 0.6 is 0 Å². The molecule has 1 aromatic rings. The van der Waals surface area contributed by atoms with E-state index in [1.807, 2.05) is 26.0 Å². The maximum atomic E-state index is 11.7. The van der Waals surface area contributed by atoms with Crippen molar-refractivity contribution in [1.29, 1.82) is 0 Å². The van der Waals surface area contributed by atoms with Gasteiger partial charge >= 0.3 is 5.97 Å². The van der Waals surface area contributed by atoms with E-state index in [0.717, 1.165) is 28.7 Å². The molecule has 3 heteroatoms. The van der Waals surface area contributed by atoms with Gasteiger partial charge in [-0.2, -0.15) is 0 Å². The number of carbonyl (C=O) groups excluding carboxylic acids is 1. The number of hydrogen-bond donors (Lipinski definition) is 1. The molecule has 1 aromatic carbocycles. The first-order chi connectivity index (χ1) is 8.49. The zero-order valence-corrected chi connectivity index (χ0v) is 10.8. The van der Waals surface area contributed by atoms with Crippen LogP contribution in [0.4, 0.5) is 0 Å². The molecule has 0 saturated carbocycles. The highest BCUT2D eigenvalue weighted by Gasteiger charge is 2.38. The molecule has 18 heavy (non-hydrogen) atoms. The summed E-state index contributed by atoms with van der Waals surface area (Å²) in [4.78, 5) is 11.7. The van der Waals surface area contributed by atoms with Crippen LogP contribution in [0.15, 0.2) is 17.7 Å². The van der Waals surface area contributed by atoms with Gasteiger partial charge < -0.3 is 9.84 Å². The van der Waals surface area contributed by atoms with Crippen LogP contribution in [0.2, 0.25) is 0 Å². The minimum atomic E-state index is -0.208. The summed E-state index contributed by atoms with van der Waals surface area (Å²) >= 11 is 0. The second-order valence-electron chi connectivity index (χ2n) is 5.30. The Balaban J connectivity index is 2.27. The zero-order chi connectivity index (χ0) is 13.0. The molecule has 94 valence electrons. The molecule has 2 aliphatic rings. The van der Waals surface area contributed by atoms with E-state index in [-0.39, 0.29) is 12.1 Å². The number of rotatable bonds is 0. The van der Waals surface area contributed by atoms with E-state index in [4.69, 9.17) is 4.74 Å². The Morgan fingerprint density at radius 2 is 2.06 bits per heavy atom. The number of phenolic OH excluding ortho intramolecular Hbond substituents is 1. The van der Waals surface area contributed by atoms with E-state index in [1.54, 1.807) is 0 Å². The summed E-state index contributed by atoms with van der Waals surface area (Å²) in [5, 5.41) is 9.84. The zero-order valence-electron chi connectivity index (χ0n) is 10.8. The number of aryl methyl sites for hydroxylation is 1. The van der Waals surface area contributed by atoms with E-state index in [0.29, 0.717) is 17.2 Å². The van der Waals surface area contributed by atoms with Crippen LogP contribution in [-0.2, 0) is 9.53 Å². The summed E-state index contributed by atoms with van der Waals surface area (Å²) in [6.07, 6.45) is 0.692. The summed E-state index contributed by atoms with van der Waals surface area (Å²) in [5.74, 6) is 0.405. The second-order valence-corrected chi connectivity index (χ2v) is 5.30. The van der Waals surface area contributed by atoms with Gasteiger partial charge in [0.25, 0.3) is 0 Å². The molecule has 0 amide bonds. The monoisotopic (exact) mass is 244 g/mol. The summed E-state index contributed by atoms with van der Waals surface area (Å²) in [7, 11) is 0. The van der Waals surface area contributed by atoms with Gasteiger partial charge in [-0.15, -0.1) is 0 Å². The molecule has 1 aliphatic carbocycles. The summed E-state index contributed by atoms with van der Waals surface area (Å²) in [5.41, 5.74) is 4.73.